The van der Waals surface area contributed by atoms with Gasteiger partial charge in [0.2, 0.25) is 0 Å². The van der Waals surface area contributed by atoms with Crippen molar-refractivity contribution in [2.24, 2.45) is 0 Å². The Bertz CT molecular complexity index is 8000. The Morgan fingerprint density at radius 2 is 0.528 bits per heavy atom. The first kappa shape index (κ1) is 72.7. The van der Waals surface area contributed by atoms with E-state index in [0.29, 0.717) is 0 Å². The molecule has 0 saturated heterocycles. The molecule has 0 fully saturated rings. The van der Waals surface area contributed by atoms with Gasteiger partial charge in [-0.25, -0.2) is 29.9 Å². The van der Waals surface area contributed by atoms with Crippen LogP contribution in [0.15, 0.2) is 413 Å². The van der Waals surface area contributed by atoms with Crippen LogP contribution < -0.4 is 0 Å². The van der Waals surface area contributed by atoms with Crippen molar-refractivity contribution in [1.82, 2.24) is 29.9 Å². The fourth-order valence-corrected chi connectivity index (χ4v) is 20.6. The molecule has 6 nitrogen and oxygen atoms in total. The molecule has 3 heterocycles. The first-order chi connectivity index (χ1) is 60.6. The van der Waals surface area contributed by atoms with Gasteiger partial charge in [0.1, 0.15) is 0 Å². The molecule has 0 amide bonds. The van der Waals surface area contributed by atoms with Crippen molar-refractivity contribution in [2.75, 3.05) is 0 Å². The Morgan fingerprint density at radius 3 is 1.05 bits per heavy atom. The maximum absolute atomic E-state index is 5.30. The quantitative estimate of drug-likeness (QED) is 0.141. The van der Waals surface area contributed by atoms with Crippen LogP contribution in [-0.2, 0) is 16.2 Å². The molecule has 19 aromatic carbocycles. The maximum atomic E-state index is 5.30. The van der Waals surface area contributed by atoms with E-state index in [1.54, 1.807) is 0 Å². The molecule has 0 N–H and O–H groups in total. The lowest BCUT2D eigenvalue weighted by atomic mass is 9.67. The second kappa shape index (κ2) is 28.9. The highest BCUT2D eigenvalue weighted by molar-refractivity contribution is 6.16. The van der Waals surface area contributed by atoms with Crippen LogP contribution in [0.2, 0.25) is 0 Å². The Labute approximate surface area is 713 Å². The zero-order chi connectivity index (χ0) is 82.1. The maximum Gasteiger partial charge on any atom is 0.161 e. The third kappa shape index (κ3) is 11.5. The predicted octanol–water partition coefficient (Wildman–Crippen LogP) is 29.6. The minimum Gasteiger partial charge on any atom is -0.228 e. The fraction of sp³-hybridized carbons (Fsp3) is 0.0598. The fourth-order valence-electron chi connectivity index (χ4n) is 20.6. The highest BCUT2D eigenvalue weighted by Gasteiger charge is 2.47. The monoisotopic (exact) mass is 1570 g/mol. The van der Waals surface area contributed by atoms with Crippen LogP contribution in [0.5, 0.6) is 0 Å². The minimum atomic E-state index is -0.432. The van der Waals surface area contributed by atoms with Gasteiger partial charge in [-0.15, -0.1) is 0 Å². The van der Waals surface area contributed by atoms with Crippen molar-refractivity contribution in [2.45, 2.75) is 43.9 Å². The van der Waals surface area contributed by atoms with Crippen molar-refractivity contribution in [3.8, 4) is 101 Å². The van der Waals surface area contributed by atoms with E-state index in [-0.39, 0.29) is 10.8 Å². The predicted molar refractivity (Wildman–Crippen MR) is 511 cm³/mol. The van der Waals surface area contributed by atoms with E-state index < -0.39 is 5.41 Å². The Hall–Kier alpha value is -15.5. The van der Waals surface area contributed by atoms with Crippen LogP contribution in [0.25, 0.3) is 188 Å². The molecule has 0 aliphatic heterocycles. The zero-order valence-corrected chi connectivity index (χ0v) is 68.4. The standard InChI is InChI=1S/C43H28N2.2C37H26N2/c1-4-15-29(16-5-1)41-36-22-11-13-26-39(36)44-42(45-41)34-24-14-23-33-32(34)27-28-38-40(33)35-21-10-12-25-37(35)43(38,30-17-6-2-7-18-30)31-19-8-3-9-20-31;1-37(2)30-18-9-8-15-29(30)33-27-16-10-17-28(26(27)20-21-31(33)37)36-38-32-22-19-23-11-6-7-14-25(23)34(32)35(39-36)24-12-4-3-5-13-24;1-37(2)31-18-9-8-15-29(31)33-27-16-10-17-28(26(27)21-22-32(33)37)36-38-34(24-12-4-3-5-13-24)30-20-19-23-11-6-7-14-25(23)35(30)39-36/h1-28H;2*3-22H,1-2H3. The van der Waals surface area contributed by atoms with E-state index in [4.69, 9.17) is 29.9 Å². The molecular weight excluding hydrogens is 1490 g/mol. The number of hydrogen-bond acceptors (Lipinski definition) is 6. The lowest BCUT2D eigenvalue weighted by molar-refractivity contribution is 0.660. The average molecular weight is 1570 g/mol. The number of para-hydroxylation sites is 1. The van der Waals surface area contributed by atoms with Crippen LogP contribution >= 0.6 is 0 Å². The van der Waals surface area contributed by atoms with E-state index in [9.17, 15) is 0 Å². The van der Waals surface area contributed by atoms with E-state index in [0.717, 1.165) is 111 Å². The molecule has 0 radical (unpaired) electrons. The summed E-state index contributed by atoms with van der Waals surface area (Å²) in [4.78, 5) is 31.4. The van der Waals surface area contributed by atoms with E-state index >= 15 is 0 Å². The van der Waals surface area contributed by atoms with Gasteiger partial charge in [-0.2, -0.15) is 0 Å². The summed E-state index contributed by atoms with van der Waals surface area (Å²) in [6, 6.07) is 147. The molecule has 3 aliphatic carbocycles. The van der Waals surface area contributed by atoms with Gasteiger partial charge in [-0.3, -0.25) is 0 Å². The molecular formula is C117H80N6. The van der Waals surface area contributed by atoms with Gasteiger partial charge in [0.05, 0.1) is 39.0 Å². The third-order valence-electron chi connectivity index (χ3n) is 26.3. The van der Waals surface area contributed by atoms with Crippen LogP contribution in [-0.4, -0.2) is 29.9 Å². The van der Waals surface area contributed by atoms with Gasteiger partial charge in [0.15, 0.2) is 17.5 Å². The number of nitrogens with zero attached hydrogens (tertiary/aromatic N) is 6. The van der Waals surface area contributed by atoms with Crippen molar-refractivity contribution in [1.29, 1.82) is 0 Å². The highest BCUT2D eigenvalue weighted by atomic mass is 14.9. The summed E-state index contributed by atoms with van der Waals surface area (Å²) in [5, 5.41) is 15.2. The summed E-state index contributed by atoms with van der Waals surface area (Å²) in [6.07, 6.45) is 0. The molecule has 6 heteroatoms. The summed E-state index contributed by atoms with van der Waals surface area (Å²) in [6.45, 7) is 9.32. The van der Waals surface area contributed by atoms with Gasteiger partial charge in [0, 0.05) is 65.8 Å². The van der Waals surface area contributed by atoms with Gasteiger partial charge < -0.3 is 0 Å². The van der Waals surface area contributed by atoms with Gasteiger partial charge in [0.25, 0.3) is 0 Å². The Morgan fingerprint density at radius 1 is 0.187 bits per heavy atom. The molecule has 0 saturated carbocycles. The molecule has 578 valence electrons. The lowest BCUT2D eigenvalue weighted by Gasteiger charge is -2.34. The topological polar surface area (TPSA) is 77.3 Å². The largest absolute Gasteiger partial charge is 0.228 e. The summed E-state index contributed by atoms with van der Waals surface area (Å²) in [5.41, 5.74) is 30.3. The van der Waals surface area contributed by atoms with Crippen molar-refractivity contribution in [3.05, 3.63) is 457 Å². The zero-order valence-electron chi connectivity index (χ0n) is 68.4. The summed E-state index contributed by atoms with van der Waals surface area (Å²) >= 11 is 0. The molecule has 0 bridgehead atoms. The smallest absolute Gasteiger partial charge is 0.161 e. The molecule has 3 aliphatic rings. The molecule has 0 atom stereocenters. The second-order valence-corrected chi connectivity index (χ2v) is 33.7. The molecule has 3 aromatic heterocycles. The lowest BCUT2D eigenvalue weighted by Crippen LogP contribution is -2.28. The summed E-state index contributed by atoms with van der Waals surface area (Å²) in [7, 11) is 0. The van der Waals surface area contributed by atoms with Crippen LogP contribution in [0.4, 0.5) is 0 Å². The van der Waals surface area contributed by atoms with E-state index in [2.05, 4.69) is 422 Å². The third-order valence-corrected chi connectivity index (χ3v) is 26.3. The number of aromatic nitrogens is 6. The minimum absolute atomic E-state index is 0.0306. The Kier molecular flexibility index (Phi) is 17.1. The number of rotatable bonds is 8. The molecule has 123 heavy (non-hydrogen) atoms. The summed E-state index contributed by atoms with van der Waals surface area (Å²) in [5.74, 6) is 2.25. The first-order valence-corrected chi connectivity index (χ1v) is 42.5. The molecule has 0 unspecified atom stereocenters. The highest BCUT2D eigenvalue weighted by Crippen LogP contribution is 2.59. The van der Waals surface area contributed by atoms with E-state index in [1.807, 2.05) is 18.2 Å². The SMILES string of the molecule is CC1(C)c2ccccc2-c2c1ccc1c(-c3nc(-c4ccccc4)c4c(ccc5ccccc54)n3)cccc21.CC1(C)c2ccccc2-c2c1ccc1c(-c3nc(-c4ccccc4)c4ccc5ccccc5c4n3)cccc21.c1ccc(-c2nc(-c3cccc4c5c(ccc34)C(c3ccccc3)(c3ccccc3)c3ccccc3-5)nc3ccccc23)cc1. The average Bonchev–Trinajstić information content (AvgIpc) is 1.53. The van der Waals surface area contributed by atoms with Crippen LogP contribution in [0, 0.1) is 0 Å². The summed E-state index contributed by atoms with van der Waals surface area (Å²) < 4.78 is 0. The van der Waals surface area contributed by atoms with Gasteiger partial charge in [-0.05, 0) is 145 Å². The molecule has 22 aromatic rings. The van der Waals surface area contributed by atoms with Crippen molar-refractivity contribution in [3.63, 3.8) is 0 Å². The van der Waals surface area contributed by atoms with Crippen molar-refractivity contribution < 1.29 is 0 Å². The number of fused-ring (bicyclic) bond motifs is 22. The van der Waals surface area contributed by atoms with Crippen LogP contribution in [0.1, 0.15) is 72.2 Å². The molecule has 25 rings (SSSR count). The van der Waals surface area contributed by atoms with E-state index in [1.165, 1.54) is 121 Å². The van der Waals surface area contributed by atoms with Gasteiger partial charge in [-0.1, -0.05) is 422 Å². The van der Waals surface area contributed by atoms with Crippen molar-refractivity contribution >= 4 is 86.6 Å². The molecule has 0 spiro atoms. The van der Waals surface area contributed by atoms with Crippen LogP contribution in [0.3, 0.4) is 0 Å². The number of benzene rings is 19. The van der Waals surface area contributed by atoms with Gasteiger partial charge >= 0.3 is 0 Å². The second-order valence-electron chi connectivity index (χ2n) is 33.7. The number of hydrogen-bond donors (Lipinski definition) is 0. The Balaban J connectivity index is 0.000000107. The first-order valence-electron chi connectivity index (χ1n) is 42.5. The normalized spacial score (nSPS) is 13.4.